The van der Waals surface area contributed by atoms with Crippen LogP contribution in [0.2, 0.25) is 10.0 Å². The van der Waals surface area contributed by atoms with Crippen LogP contribution in [0.4, 0.5) is 10.6 Å². The fourth-order valence-electron chi connectivity index (χ4n) is 1.88. The number of ether oxygens (including phenoxy) is 1. The SMILES string of the molecule is CC(C)(C)Oc1cccc(NC(=O)NC(=O)c2c(Cl)cccc2Cl)n1. The molecule has 2 rings (SSSR count). The molecule has 132 valence electrons. The first-order valence-electron chi connectivity index (χ1n) is 7.38. The number of carbonyl (C=O) groups is 2. The standard InChI is InChI=1S/C17H17Cl2N3O3/c1-17(2,3)25-13-9-5-8-12(20-13)21-16(24)22-15(23)14-10(18)6-4-7-11(14)19/h4-9H,1-3H3,(H2,20,21,22,23,24). The number of nitrogens with one attached hydrogen (secondary N) is 2. The van der Waals surface area contributed by atoms with Crippen molar-refractivity contribution in [2.75, 3.05) is 5.32 Å². The highest BCUT2D eigenvalue weighted by molar-refractivity contribution is 6.40. The van der Waals surface area contributed by atoms with Crippen molar-refractivity contribution in [3.63, 3.8) is 0 Å². The largest absolute Gasteiger partial charge is 0.472 e. The lowest BCUT2D eigenvalue weighted by Crippen LogP contribution is -2.35. The average Bonchev–Trinajstić information content (AvgIpc) is 2.45. The predicted molar refractivity (Wildman–Crippen MR) is 97.6 cm³/mol. The van der Waals surface area contributed by atoms with E-state index in [1.165, 1.54) is 12.1 Å². The molecule has 0 saturated heterocycles. The molecule has 2 N–H and O–H groups in total. The molecule has 0 atom stereocenters. The van der Waals surface area contributed by atoms with Gasteiger partial charge in [-0.05, 0) is 39.0 Å². The highest BCUT2D eigenvalue weighted by Gasteiger charge is 2.18. The Bertz CT molecular complexity index is 784. The average molecular weight is 382 g/mol. The van der Waals surface area contributed by atoms with E-state index in [1.807, 2.05) is 20.8 Å². The van der Waals surface area contributed by atoms with Crippen molar-refractivity contribution < 1.29 is 14.3 Å². The Morgan fingerprint density at radius 3 is 2.24 bits per heavy atom. The number of rotatable bonds is 3. The summed E-state index contributed by atoms with van der Waals surface area (Å²) in [5.74, 6) is -0.127. The van der Waals surface area contributed by atoms with Gasteiger partial charge in [0.1, 0.15) is 11.4 Å². The van der Waals surface area contributed by atoms with E-state index in [-0.39, 0.29) is 21.4 Å². The third kappa shape index (κ3) is 5.62. The summed E-state index contributed by atoms with van der Waals surface area (Å²) in [5.41, 5.74) is -0.399. The monoisotopic (exact) mass is 381 g/mol. The van der Waals surface area contributed by atoms with Crippen molar-refractivity contribution in [1.29, 1.82) is 0 Å². The molecule has 3 amide bonds. The molecule has 0 radical (unpaired) electrons. The van der Waals surface area contributed by atoms with Gasteiger partial charge in [-0.1, -0.05) is 35.3 Å². The highest BCUT2D eigenvalue weighted by atomic mass is 35.5. The van der Waals surface area contributed by atoms with Crippen molar-refractivity contribution in [1.82, 2.24) is 10.3 Å². The van der Waals surface area contributed by atoms with Crippen LogP contribution in [0, 0.1) is 0 Å². The van der Waals surface area contributed by atoms with E-state index in [9.17, 15) is 9.59 Å². The third-order valence-corrected chi connectivity index (χ3v) is 3.42. The van der Waals surface area contributed by atoms with Gasteiger partial charge in [-0.25, -0.2) is 4.79 Å². The molecular weight excluding hydrogens is 365 g/mol. The number of anilines is 1. The number of hydrogen-bond acceptors (Lipinski definition) is 4. The zero-order valence-electron chi connectivity index (χ0n) is 13.9. The van der Waals surface area contributed by atoms with Crippen molar-refractivity contribution in [3.8, 4) is 5.88 Å². The van der Waals surface area contributed by atoms with Crippen LogP contribution in [0.1, 0.15) is 31.1 Å². The molecule has 0 aliphatic rings. The number of halogens is 2. The molecule has 0 spiro atoms. The number of aromatic nitrogens is 1. The van der Waals surface area contributed by atoms with E-state index < -0.39 is 17.5 Å². The van der Waals surface area contributed by atoms with E-state index in [2.05, 4.69) is 15.6 Å². The first-order chi connectivity index (χ1) is 11.7. The van der Waals surface area contributed by atoms with Crippen molar-refractivity contribution in [2.24, 2.45) is 0 Å². The van der Waals surface area contributed by atoms with E-state index in [1.54, 1.807) is 24.3 Å². The molecule has 0 bridgehead atoms. The van der Waals surface area contributed by atoms with Gasteiger partial charge in [0.25, 0.3) is 5.91 Å². The summed E-state index contributed by atoms with van der Waals surface area (Å²) in [5, 5.41) is 4.91. The van der Waals surface area contributed by atoms with Gasteiger partial charge in [0.2, 0.25) is 5.88 Å². The minimum Gasteiger partial charge on any atom is -0.472 e. The second-order valence-corrected chi connectivity index (χ2v) is 6.89. The molecule has 0 aliphatic carbocycles. The lowest BCUT2D eigenvalue weighted by atomic mass is 10.2. The lowest BCUT2D eigenvalue weighted by Gasteiger charge is -2.20. The quantitative estimate of drug-likeness (QED) is 0.818. The fraction of sp³-hybridized carbons (Fsp3) is 0.235. The molecule has 6 nitrogen and oxygen atoms in total. The zero-order valence-corrected chi connectivity index (χ0v) is 15.4. The summed E-state index contributed by atoms with van der Waals surface area (Å²) in [6.45, 7) is 5.65. The summed E-state index contributed by atoms with van der Waals surface area (Å²) < 4.78 is 5.62. The number of amides is 3. The second kappa shape index (κ2) is 7.72. The van der Waals surface area contributed by atoms with Gasteiger partial charge in [-0.3, -0.25) is 15.4 Å². The number of imide groups is 1. The van der Waals surface area contributed by atoms with Crippen LogP contribution in [0.15, 0.2) is 36.4 Å². The van der Waals surface area contributed by atoms with Crippen LogP contribution in [0.3, 0.4) is 0 Å². The molecule has 1 heterocycles. The summed E-state index contributed by atoms with van der Waals surface area (Å²) in [7, 11) is 0. The smallest absolute Gasteiger partial charge is 0.327 e. The molecule has 8 heteroatoms. The van der Waals surface area contributed by atoms with Crippen LogP contribution in [0.25, 0.3) is 0 Å². The summed E-state index contributed by atoms with van der Waals surface area (Å²) in [6, 6.07) is 8.78. The lowest BCUT2D eigenvalue weighted by molar-refractivity contribution is 0.0967. The van der Waals surface area contributed by atoms with Gasteiger partial charge < -0.3 is 4.74 Å². The van der Waals surface area contributed by atoms with Crippen LogP contribution < -0.4 is 15.4 Å². The van der Waals surface area contributed by atoms with Crippen LogP contribution in [-0.4, -0.2) is 22.5 Å². The van der Waals surface area contributed by atoms with Gasteiger partial charge >= 0.3 is 6.03 Å². The first kappa shape index (κ1) is 19.0. The van der Waals surface area contributed by atoms with Crippen molar-refractivity contribution >= 4 is 41.0 Å². The Hall–Kier alpha value is -2.31. The van der Waals surface area contributed by atoms with Gasteiger partial charge in [0.15, 0.2) is 0 Å². The van der Waals surface area contributed by atoms with Crippen LogP contribution in [-0.2, 0) is 0 Å². The zero-order chi connectivity index (χ0) is 18.6. The number of carbonyl (C=O) groups excluding carboxylic acids is 2. The molecule has 1 aromatic carbocycles. The van der Waals surface area contributed by atoms with Crippen LogP contribution >= 0.6 is 23.2 Å². The van der Waals surface area contributed by atoms with Crippen LogP contribution in [0.5, 0.6) is 5.88 Å². The molecular formula is C17H17Cl2N3O3. The minimum atomic E-state index is -0.763. The predicted octanol–water partition coefficient (Wildman–Crippen LogP) is 4.53. The number of hydrogen-bond donors (Lipinski definition) is 2. The Morgan fingerprint density at radius 2 is 1.64 bits per heavy atom. The normalized spacial score (nSPS) is 10.9. The second-order valence-electron chi connectivity index (χ2n) is 6.08. The van der Waals surface area contributed by atoms with Gasteiger partial charge in [0, 0.05) is 6.07 Å². The Morgan fingerprint density at radius 1 is 1.04 bits per heavy atom. The molecule has 25 heavy (non-hydrogen) atoms. The van der Waals surface area contributed by atoms with Gasteiger partial charge in [0.05, 0.1) is 15.6 Å². The van der Waals surface area contributed by atoms with Crippen molar-refractivity contribution in [2.45, 2.75) is 26.4 Å². The Balaban J connectivity index is 2.05. The molecule has 0 aliphatic heterocycles. The topological polar surface area (TPSA) is 80.3 Å². The van der Waals surface area contributed by atoms with Gasteiger partial charge in [-0.2, -0.15) is 4.98 Å². The van der Waals surface area contributed by atoms with E-state index >= 15 is 0 Å². The maximum absolute atomic E-state index is 12.2. The van der Waals surface area contributed by atoms with E-state index in [4.69, 9.17) is 27.9 Å². The molecule has 1 aromatic heterocycles. The third-order valence-electron chi connectivity index (χ3n) is 2.79. The van der Waals surface area contributed by atoms with E-state index in [0.29, 0.717) is 5.88 Å². The summed E-state index contributed by atoms with van der Waals surface area (Å²) in [6.07, 6.45) is 0. The Labute approximate surface area is 155 Å². The number of urea groups is 1. The molecule has 2 aromatic rings. The van der Waals surface area contributed by atoms with Gasteiger partial charge in [-0.15, -0.1) is 0 Å². The number of pyridine rings is 1. The molecule has 0 unspecified atom stereocenters. The Kier molecular flexibility index (Phi) is 5.87. The fourth-order valence-corrected chi connectivity index (χ4v) is 2.45. The molecule has 0 saturated carbocycles. The molecule has 0 fully saturated rings. The minimum absolute atomic E-state index is 0.0266. The maximum atomic E-state index is 12.2. The van der Waals surface area contributed by atoms with E-state index in [0.717, 1.165) is 0 Å². The van der Waals surface area contributed by atoms with Crippen molar-refractivity contribution in [3.05, 3.63) is 52.0 Å². The number of benzene rings is 1. The maximum Gasteiger partial charge on any atom is 0.327 e. The first-order valence-corrected chi connectivity index (χ1v) is 8.14. The summed E-state index contributed by atoms with van der Waals surface area (Å²) in [4.78, 5) is 28.3. The summed E-state index contributed by atoms with van der Waals surface area (Å²) >= 11 is 11.9. The number of nitrogens with zero attached hydrogens (tertiary/aromatic N) is 1. The highest BCUT2D eigenvalue weighted by Crippen LogP contribution is 2.24.